The molecule has 15 heteroatoms. The van der Waals surface area contributed by atoms with Crippen LogP contribution in [-0.4, -0.2) is 76.5 Å². The number of hydrogen-bond acceptors (Lipinski definition) is 8. The molecule has 50 heavy (non-hydrogen) atoms. The minimum Gasteiger partial charge on any atom is -0.420 e. The van der Waals surface area contributed by atoms with Crippen molar-refractivity contribution >= 4 is 29.6 Å². The van der Waals surface area contributed by atoms with Crippen LogP contribution in [0.4, 0.5) is 17.6 Å². The maximum atomic E-state index is 13.8. The molecule has 280 valence electrons. The molecule has 0 bridgehead atoms. The predicted octanol–water partition coefficient (Wildman–Crippen LogP) is 5.18. The molecule has 0 atom stereocenters. The molecule has 0 aliphatic carbocycles. The standard InChI is InChI=1S/C35H49F4N3O8/c1-32(2,16-20-49-35(7,8)15-12-28(47)50-31-29(38)22(36)21-23(37)30(31)39)40-24(43)11-14-34(5,6)48-19-17-33(3,4)41-25(44)13-18-42-26(45)9-10-27(42)46/h9-10,21H,11-20H2,1-8H3,(H,40,43)(H,41,44). The summed E-state index contributed by atoms with van der Waals surface area (Å²) in [6.07, 6.45) is 3.54. The van der Waals surface area contributed by atoms with Crippen LogP contribution in [0.5, 0.6) is 5.75 Å². The number of carbonyl (C=O) groups excluding carboxylic acids is 5. The van der Waals surface area contributed by atoms with Gasteiger partial charge in [-0.05, 0) is 81.1 Å². The number of rotatable bonds is 20. The molecule has 11 nitrogen and oxygen atoms in total. The number of halogens is 4. The van der Waals surface area contributed by atoms with Gasteiger partial charge in [-0.1, -0.05) is 0 Å². The summed E-state index contributed by atoms with van der Waals surface area (Å²) in [4.78, 5) is 61.7. The highest BCUT2D eigenvalue weighted by Gasteiger charge is 2.29. The molecular weight excluding hydrogens is 666 g/mol. The average Bonchev–Trinajstić information content (AvgIpc) is 3.30. The lowest BCUT2D eigenvalue weighted by Crippen LogP contribution is -2.46. The summed E-state index contributed by atoms with van der Waals surface area (Å²) in [5, 5.41) is 5.87. The molecule has 2 rings (SSSR count). The highest BCUT2D eigenvalue weighted by atomic mass is 19.2. The molecule has 0 saturated heterocycles. The highest BCUT2D eigenvalue weighted by Crippen LogP contribution is 2.28. The number of amides is 4. The van der Waals surface area contributed by atoms with Gasteiger partial charge in [-0.2, -0.15) is 8.78 Å². The molecule has 0 radical (unpaired) electrons. The molecule has 1 aliphatic heterocycles. The SMILES string of the molecule is CC(C)(CCOC(C)(C)CCC(=O)NC(C)(C)CCOC(C)(C)CCC(=O)Oc1c(F)c(F)cc(F)c1F)NC(=O)CCN1C(=O)C=CC1=O. The summed E-state index contributed by atoms with van der Waals surface area (Å²) in [6.45, 7) is 14.9. The van der Waals surface area contributed by atoms with E-state index < -0.39 is 69.1 Å². The molecule has 2 N–H and O–H groups in total. The Hall–Kier alpha value is -3.85. The Balaban J connectivity index is 1.69. The quantitative estimate of drug-likeness (QED) is 0.0619. The van der Waals surface area contributed by atoms with Gasteiger partial charge in [0.2, 0.25) is 29.2 Å². The predicted molar refractivity (Wildman–Crippen MR) is 175 cm³/mol. The Morgan fingerprint density at radius 3 is 1.54 bits per heavy atom. The Labute approximate surface area is 290 Å². The molecular formula is C35H49F4N3O8. The fraction of sp³-hybridized carbons (Fsp3) is 0.629. The number of hydrogen-bond donors (Lipinski definition) is 2. The number of ether oxygens (including phenoxy) is 3. The molecule has 1 aromatic carbocycles. The monoisotopic (exact) mass is 715 g/mol. The molecule has 0 aromatic heterocycles. The van der Waals surface area contributed by atoms with Crippen LogP contribution in [0.1, 0.15) is 100 Å². The average molecular weight is 716 g/mol. The zero-order valence-corrected chi connectivity index (χ0v) is 30.0. The number of imide groups is 1. The van der Waals surface area contributed by atoms with E-state index in [1.807, 2.05) is 41.5 Å². The van der Waals surface area contributed by atoms with Crippen LogP contribution < -0.4 is 15.4 Å². The summed E-state index contributed by atoms with van der Waals surface area (Å²) in [6, 6.07) is 0.0171. The second-order valence-electron chi connectivity index (χ2n) is 14.8. The van der Waals surface area contributed by atoms with E-state index in [9.17, 15) is 41.5 Å². The number of nitrogens with zero attached hydrogens (tertiary/aromatic N) is 1. The third-order valence-electron chi connectivity index (χ3n) is 8.03. The third-order valence-corrected chi connectivity index (χ3v) is 8.03. The maximum absolute atomic E-state index is 13.8. The summed E-state index contributed by atoms with van der Waals surface area (Å²) in [7, 11) is 0. The third kappa shape index (κ3) is 14.2. The Morgan fingerprint density at radius 1 is 0.660 bits per heavy atom. The summed E-state index contributed by atoms with van der Waals surface area (Å²) < 4.78 is 70.8. The summed E-state index contributed by atoms with van der Waals surface area (Å²) in [5.41, 5.74) is -2.79. The van der Waals surface area contributed by atoms with Gasteiger partial charge in [0.05, 0.1) is 11.2 Å². The molecule has 1 aromatic rings. The smallest absolute Gasteiger partial charge is 0.311 e. The van der Waals surface area contributed by atoms with Crippen LogP contribution in [0, 0.1) is 23.3 Å². The molecule has 1 heterocycles. The van der Waals surface area contributed by atoms with Gasteiger partial charge in [-0.3, -0.25) is 28.9 Å². The van der Waals surface area contributed by atoms with Crippen molar-refractivity contribution in [1.29, 1.82) is 0 Å². The van der Waals surface area contributed by atoms with Gasteiger partial charge in [0.1, 0.15) is 0 Å². The minimum absolute atomic E-state index is 0.00252. The lowest BCUT2D eigenvalue weighted by atomic mass is 9.97. The Bertz CT molecular complexity index is 1420. The van der Waals surface area contributed by atoms with E-state index in [1.165, 1.54) is 12.2 Å². The summed E-state index contributed by atoms with van der Waals surface area (Å²) >= 11 is 0. The van der Waals surface area contributed by atoms with Crippen molar-refractivity contribution in [2.75, 3.05) is 19.8 Å². The lowest BCUT2D eigenvalue weighted by molar-refractivity contribution is -0.138. The van der Waals surface area contributed by atoms with Gasteiger partial charge in [0.15, 0.2) is 11.6 Å². The van der Waals surface area contributed by atoms with Crippen LogP contribution in [0.3, 0.4) is 0 Å². The first kappa shape index (κ1) is 42.3. The van der Waals surface area contributed by atoms with E-state index >= 15 is 0 Å². The first-order valence-corrected chi connectivity index (χ1v) is 16.4. The van der Waals surface area contributed by atoms with Gasteiger partial charge in [0.25, 0.3) is 11.8 Å². The normalized spacial score (nSPS) is 14.0. The fourth-order valence-corrected chi connectivity index (χ4v) is 4.80. The van der Waals surface area contributed by atoms with E-state index in [4.69, 9.17) is 9.47 Å². The van der Waals surface area contributed by atoms with Gasteiger partial charge < -0.3 is 24.8 Å². The van der Waals surface area contributed by atoms with E-state index in [1.54, 1.807) is 13.8 Å². The number of nitrogens with one attached hydrogen (secondary N) is 2. The van der Waals surface area contributed by atoms with Gasteiger partial charge in [-0.25, -0.2) is 8.78 Å². The second kappa shape index (κ2) is 17.4. The molecule has 1 aliphatic rings. The van der Waals surface area contributed by atoms with Crippen LogP contribution in [0.15, 0.2) is 18.2 Å². The van der Waals surface area contributed by atoms with Crippen LogP contribution >= 0.6 is 0 Å². The molecule has 4 amide bonds. The van der Waals surface area contributed by atoms with Crippen LogP contribution in [0.2, 0.25) is 0 Å². The maximum Gasteiger partial charge on any atom is 0.311 e. The number of benzene rings is 1. The highest BCUT2D eigenvalue weighted by molar-refractivity contribution is 6.13. The first-order valence-electron chi connectivity index (χ1n) is 16.4. The van der Waals surface area contributed by atoms with Gasteiger partial charge in [0, 0.05) is 68.3 Å². The minimum atomic E-state index is -1.81. The molecule has 0 saturated carbocycles. The van der Waals surface area contributed by atoms with Crippen LogP contribution in [0.25, 0.3) is 0 Å². The van der Waals surface area contributed by atoms with Crippen molar-refractivity contribution in [1.82, 2.24) is 15.5 Å². The van der Waals surface area contributed by atoms with Crippen molar-refractivity contribution < 1.29 is 55.7 Å². The van der Waals surface area contributed by atoms with Crippen molar-refractivity contribution in [3.63, 3.8) is 0 Å². The molecule has 0 unspecified atom stereocenters. The van der Waals surface area contributed by atoms with Crippen molar-refractivity contribution in [3.05, 3.63) is 41.5 Å². The molecule has 0 spiro atoms. The largest absolute Gasteiger partial charge is 0.420 e. The van der Waals surface area contributed by atoms with Gasteiger partial charge >= 0.3 is 5.97 Å². The van der Waals surface area contributed by atoms with E-state index in [0.29, 0.717) is 25.9 Å². The second-order valence-corrected chi connectivity index (χ2v) is 14.8. The number of esters is 1. The van der Waals surface area contributed by atoms with Gasteiger partial charge in [-0.15, -0.1) is 0 Å². The molecule has 0 fully saturated rings. The fourth-order valence-electron chi connectivity index (χ4n) is 4.80. The van der Waals surface area contributed by atoms with Crippen molar-refractivity contribution in [3.8, 4) is 5.75 Å². The zero-order chi connectivity index (χ0) is 38.1. The van der Waals surface area contributed by atoms with E-state index in [0.717, 1.165) is 4.90 Å². The number of carbonyl (C=O) groups is 5. The lowest BCUT2D eigenvalue weighted by Gasteiger charge is -2.32. The Morgan fingerprint density at radius 2 is 1.08 bits per heavy atom. The summed E-state index contributed by atoms with van der Waals surface area (Å²) in [5.74, 6) is -10.9. The Kier molecular flexibility index (Phi) is 14.7. The van der Waals surface area contributed by atoms with E-state index in [2.05, 4.69) is 15.4 Å². The van der Waals surface area contributed by atoms with Crippen molar-refractivity contribution in [2.45, 2.75) is 123 Å². The van der Waals surface area contributed by atoms with Crippen LogP contribution in [-0.2, 0) is 33.4 Å². The van der Waals surface area contributed by atoms with Crippen molar-refractivity contribution in [2.24, 2.45) is 0 Å². The topological polar surface area (TPSA) is 140 Å². The first-order chi connectivity index (χ1) is 22.9. The zero-order valence-electron chi connectivity index (χ0n) is 30.0. The van der Waals surface area contributed by atoms with E-state index in [-0.39, 0.29) is 56.7 Å².